The van der Waals surface area contributed by atoms with E-state index < -0.39 is 0 Å². The van der Waals surface area contributed by atoms with Crippen LogP contribution in [0.2, 0.25) is 0 Å². The first-order valence-corrected chi connectivity index (χ1v) is 6.74. The lowest BCUT2D eigenvalue weighted by atomic mass is 10.2. The van der Waals surface area contributed by atoms with E-state index in [2.05, 4.69) is 38.1 Å². The van der Waals surface area contributed by atoms with Crippen LogP contribution in [0.25, 0.3) is 0 Å². The number of amidine groups is 1. The van der Waals surface area contributed by atoms with E-state index in [0.717, 1.165) is 3.57 Å². The Bertz CT molecular complexity index is 496. The number of nitrogens with one attached hydrogen (secondary N) is 1. The van der Waals surface area contributed by atoms with Crippen LogP contribution >= 0.6 is 34.4 Å². The van der Waals surface area contributed by atoms with E-state index in [9.17, 15) is 9.90 Å². The topological polar surface area (TPSA) is 74.0 Å². The maximum Gasteiger partial charge on any atom is 0.236 e. The van der Waals surface area contributed by atoms with Crippen LogP contribution in [-0.2, 0) is 4.79 Å². The van der Waals surface area contributed by atoms with E-state index in [1.807, 2.05) is 6.07 Å². The van der Waals surface area contributed by atoms with E-state index in [1.54, 1.807) is 12.1 Å². The molecule has 1 aromatic rings. The van der Waals surface area contributed by atoms with Gasteiger partial charge in [-0.15, -0.1) is 5.10 Å². The molecule has 0 spiro atoms. The quantitative estimate of drug-likeness (QED) is 0.477. The summed E-state index contributed by atoms with van der Waals surface area (Å²) in [4.78, 5) is 10.9. The summed E-state index contributed by atoms with van der Waals surface area (Å²) in [6.07, 6.45) is 1.47. The van der Waals surface area contributed by atoms with Crippen molar-refractivity contribution in [3.63, 3.8) is 0 Å². The van der Waals surface area contributed by atoms with E-state index in [1.165, 1.54) is 18.0 Å². The summed E-state index contributed by atoms with van der Waals surface area (Å²) in [5.74, 6) is 0.465. The number of rotatable bonds is 2. The third-order valence-electron chi connectivity index (χ3n) is 1.95. The maximum absolute atomic E-state index is 10.9. The molecule has 0 radical (unpaired) electrons. The van der Waals surface area contributed by atoms with Gasteiger partial charge in [-0.25, -0.2) is 0 Å². The van der Waals surface area contributed by atoms with Crippen LogP contribution in [-0.4, -0.2) is 28.1 Å². The normalized spacial score (nSPS) is 17.9. The molecule has 1 aliphatic rings. The number of hydrogen-bond acceptors (Lipinski definition) is 5. The number of carbonyl (C=O) groups excluding carboxylic acids is 1. The molecular formula is C10H8IN3O2S. The standard InChI is InChI=1S/C10H8IN3O2S/c11-7-2-1-3-8(15)6(7)4-12-14-10-13-9(16)5-17-10/h1-4,15H,5H2,(H,13,14,16). The fraction of sp³-hybridized carbons (Fsp3) is 0.100. The van der Waals surface area contributed by atoms with Crippen molar-refractivity contribution >= 4 is 51.6 Å². The van der Waals surface area contributed by atoms with Crippen LogP contribution in [0.4, 0.5) is 0 Å². The van der Waals surface area contributed by atoms with Crippen molar-refractivity contribution in [1.82, 2.24) is 5.32 Å². The maximum atomic E-state index is 10.9. The number of halogens is 1. The number of thioether (sulfide) groups is 1. The molecule has 1 aromatic carbocycles. The first-order chi connectivity index (χ1) is 8.16. The minimum absolute atomic E-state index is 0.0684. The summed E-state index contributed by atoms with van der Waals surface area (Å²) >= 11 is 3.41. The summed E-state index contributed by atoms with van der Waals surface area (Å²) < 4.78 is 0.884. The van der Waals surface area contributed by atoms with Crippen LogP contribution in [0.5, 0.6) is 5.75 Å². The smallest absolute Gasteiger partial charge is 0.236 e. The van der Waals surface area contributed by atoms with Crippen molar-refractivity contribution in [2.45, 2.75) is 0 Å². The van der Waals surface area contributed by atoms with Crippen LogP contribution < -0.4 is 5.32 Å². The molecule has 2 rings (SSSR count). The average Bonchev–Trinajstić information content (AvgIpc) is 2.69. The van der Waals surface area contributed by atoms with Gasteiger partial charge in [0.2, 0.25) is 5.91 Å². The van der Waals surface area contributed by atoms with E-state index >= 15 is 0 Å². The Morgan fingerprint density at radius 1 is 1.53 bits per heavy atom. The number of phenolic OH excluding ortho intramolecular Hbond substituents is 1. The summed E-state index contributed by atoms with van der Waals surface area (Å²) in [6, 6.07) is 5.21. The predicted octanol–water partition coefficient (Wildman–Crippen LogP) is 1.55. The number of nitrogens with zero attached hydrogens (tertiary/aromatic N) is 2. The predicted molar refractivity (Wildman–Crippen MR) is 76.5 cm³/mol. The van der Waals surface area contributed by atoms with Gasteiger partial charge in [-0.3, -0.25) is 4.79 Å². The van der Waals surface area contributed by atoms with Crippen molar-refractivity contribution in [3.8, 4) is 5.75 Å². The van der Waals surface area contributed by atoms with Crippen molar-refractivity contribution in [2.24, 2.45) is 10.2 Å². The van der Waals surface area contributed by atoms with Gasteiger partial charge in [0.1, 0.15) is 5.75 Å². The van der Waals surface area contributed by atoms with E-state index in [-0.39, 0.29) is 11.7 Å². The zero-order chi connectivity index (χ0) is 12.3. The van der Waals surface area contributed by atoms with Gasteiger partial charge in [-0.1, -0.05) is 17.8 Å². The van der Waals surface area contributed by atoms with Crippen molar-refractivity contribution < 1.29 is 9.90 Å². The lowest BCUT2D eigenvalue weighted by Gasteiger charge is -1.99. The Morgan fingerprint density at radius 3 is 3.00 bits per heavy atom. The Labute approximate surface area is 116 Å². The highest BCUT2D eigenvalue weighted by molar-refractivity contribution is 14.1. The zero-order valence-corrected chi connectivity index (χ0v) is 11.5. The third kappa shape index (κ3) is 3.19. The highest BCUT2D eigenvalue weighted by Gasteiger charge is 2.15. The van der Waals surface area contributed by atoms with Gasteiger partial charge in [0.15, 0.2) is 5.17 Å². The molecule has 0 saturated carbocycles. The Hall–Kier alpha value is -1.09. The van der Waals surface area contributed by atoms with E-state index in [4.69, 9.17) is 0 Å². The number of carbonyl (C=O) groups is 1. The molecule has 1 amide bonds. The zero-order valence-electron chi connectivity index (χ0n) is 8.55. The fourth-order valence-corrected chi connectivity index (χ4v) is 2.43. The number of benzene rings is 1. The molecule has 0 unspecified atom stereocenters. The molecule has 0 atom stereocenters. The van der Waals surface area contributed by atoms with E-state index in [0.29, 0.717) is 16.5 Å². The third-order valence-corrected chi connectivity index (χ3v) is 3.76. The number of phenols is 1. The molecule has 1 heterocycles. The lowest BCUT2D eigenvalue weighted by Crippen LogP contribution is -2.19. The molecular weight excluding hydrogens is 353 g/mol. The number of hydrogen-bond donors (Lipinski definition) is 2. The largest absolute Gasteiger partial charge is 0.507 e. The second-order valence-corrected chi connectivity index (χ2v) is 5.29. The highest BCUT2D eigenvalue weighted by atomic mass is 127. The summed E-state index contributed by atoms with van der Waals surface area (Å²) in [6.45, 7) is 0. The molecule has 0 bridgehead atoms. The Balaban J connectivity index is 2.13. The first-order valence-electron chi connectivity index (χ1n) is 4.68. The van der Waals surface area contributed by atoms with Gasteiger partial charge in [0.05, 0.1) is 12.0 Å². The summed E-state index contributed by atoms with van der Waals surface area (Å²) in [5.41, 5.74) is 0.617. The minimum atomic E-state index is -0.0684. The molecule has 5 nitrogen and oxygen atoms in total. The molecule has 1 fully saturated rings. The number of amides is 1. The molecule has 7 heteroatoms. The second kappa shape index (κ2) is 5.50. The summed E-state index contributed by atoms with van der Waals surface area (Å²) in [5, 5.41) is 20.4. The van der Waals surface area contributed by atoms with Crippen LogP contribution in [0.3, 0.4) is 0 Å². The van der Waals surface area contributed by atoms with Crippen LogP contribution in [0.1, 0.15) is 5.56 Å². The van der Waals surface area contributed by atoms with Gasteiger partial charge < -0.3 is 10.4 Å². The van der Waals surface area contributed by atoms with Gasteiger partial charge >= 0.3 is 0 Å². The van der Waals surface area contributed by atoms with Gasteiger partial charge in [-0.05, 0) is 34.7 Å². The van der Waals surface area contributed by atoms with Crippen molar-refractivity contribution in [3.05, 3.63) is 27.3 Å². The average molecular weight is 361 g/mol. The molecule has 2 N–H and O–H groups in total. The minimum Gasteiger partial charge on any atom is -0.507 e. The van der Waals surface area contributed by atoms with Gasteiger partial charge in [0.25, 0.3) is 0 Å². The SMILES string of the molecule is O=C1CSC(=NN=Cc2c(O)cccc2I)N1. The van der Waals surface area contributed by atoms with Crippen molar-refractivity contribution in [1.29, 1.82) is 0 Å². The van der Waals surface area contributed by atoms with Crippen molar-refractivity contribution in [2.75, 3.05) is 5.75 Å². The second-order valence-electron chi connectivity index (χ2n) is 3.16. The summed E-state index contributed by atoms with van der Waals surface area (Å²) in [7, 11) is 0. The van der Waals surface area contributed by atoms with Crippen LogP contribution in [0, 0.1) is 3.57 Å². The Kier molecular flexibility index (Phi) is 4.00. The fourth-order valence-electron chi connectivity index (χ4n) is 1.17. The molecule has 1 aliphatic heterocycles. The molecule has 0 aliphatic carbocycles. The van der Waals surface area contributed by atoms with Gasteiger partial charge in [-0.2, -0.15) is 5.10 Å². The lowest BCUT2D eigenvalue weighted by molar-refractivity contribution is -0.116. The van der Waals surface area contributed by atoms with Gasteiger partial charge in [0, 0.05) is 9.13 Å². The number of aromatic hydroxyl groups is 1. The molecule has 1 saturated heterocycles. The van der Waals surface area contributed by atoms with Crippen LogP contribution in [0.15, 0.2) is 28.4 Å². The Morgan fingerprint density at radius 2 is 2.35 bits per heavy atom. The molecule has 88 valence electrons. The monoisotopic (exact) mass is 361 g/mol. The molecule has 0 aromatic heterocycles. The first kappa shape index (κ1) is 12.4. The highest BCUT2D eigenvalue weighted by Crippen LogP contribution is 2.20. The molecule has 17 heavy (non-hydrogen) atoms.